The average Bonchev–Trinajstić information content (AvgIpc) is 3.20. The van der Waals surface area contributed by atoms with Gasteiger partial charge in [0.1, 0.15) is 0 Å². The molecule has 5 rings (SSSR count). The van der Waals surface area contributed by atoms with Crippen LogP contribution in [-0.2, 0) is 29.1 Å². The average molecular weight is 395 g/mol. The van der Waals surface area contributed by atoms with E-state index < -0.39 is 0 Å². The van der Waals surface area contributed by atoms with Crippen molar-refractivity contribution in [2.45, 2.75) is 26.4 Å². The van der Waals surface area contributed by atoms with E-state index in [1.165, 1.54) is 11.1 Å². The molecule has 0 bridgehead atoms. The third-order valence-electron chi connectivity index (χ3n) is 5.91. The molecule has 0 radical (unpaired) electrons. The zero-order valence-corrected chi connectivity index (χ0v) is 16.7. The van der Waals surface area contributed by atoms with Gasteiger partial charge >= 0.3 is 0 Å². The molecule has 2 aromatic carbocycles. The molecule has 1 atom stereocenters. The molecular weight excluding hydrogens is 374 g/mol. The second kappa shape index (κ2) is 7.34. The van der Waals surface area contributed by atoms with Gasteiger partial charge in [0.25, 0.3) is 5.91 Å². The van der Waals surface area contributed by atoms with Gasteiger partial charge in [-0.1, -0.05) is 66.8 Å². The fourth-order valence-electron chi connectivity index (χ4n) is 4.31. The van der Waals surface area contributed by atoms with Crippen LogP contribution >= 0.6 is 0 Å². The lowest BCUT2D eigenvalue weighted by molar-refractivity contribution is -0.131. The summed E-state index contributed by atoms with van der Waals surface area (Å²) in [5.41, 5.74) is 6.99. The Morgan fingerprint density at radius 2 is 1.83 bits per heavy atom. The number of azo groups is 1. The number of hydrogen-bond acceptors (Lipinski definition) is 3. The maximum absolute atomic E-state index is 12.8. The summed E-state index contributed by atoms with van der Waals surface area (Å²) in [6.07, 6.45) is 7.93. The molecule has 0 saturated heterocycles. The number of hydrogen-bond donors (Lipinski definition) is 0. The Labute approximate surface area is 175 Å². The van der Waals surface area contributed by atoms with Crippen molar-refractivity contribution in [3.8, 4) is 0 Å². The number of benzene rings is 2. The third-order valence-corrected chi connectivity index (χ3v) is 5.91. The van der Waals surface area contributed by atoms with Crippen LogP contribution in [-0.4, -0.2) is 16.7 Å². The SMILES string of the molecule is Cc1cc(CC(=O)N2Cc3ccccc3C2)ccc1C1=C2C=CC=CC2C(=O)N=N1. The fraction of sp³-hybridized carbons (Fsp3) is 0.200. The van der Waals surface area contributed by atoms with E-state index in [0.29, 0.717) is 19.5 Å². The van der Waals surface area contributed by atoms with Gasteiger partial charge < -0.3 is 4.90 Å². The molecule has 5 nitrogen and oxygen atoms in total. The number of fused-ring (bicyclic) bond motifs is 2. The van der Waals surface area contributed by atoms with Gasteiger partial charge in [-0.15, -0.1) is 10.2 Å². The topological polar surface area (TPSA) is 62.1 Å². The molecule has 0 saturated carbocycles. The lowest BCUT2D eigenvalue weighted by atomic mass is 9.88. The summed E-state index contributed by atoms with van der Waals surface area (Å²) in [5.74, 6) is -0.468. The summed E-state index contributed by atoms with van der Waals surface area (Å²) in [7, 11) is 0. The van der Waals surface area contributed by atoms with E-state index in [1.54, 1.807) is 0 Å². The second-order valence-corrected chi connectivity index (χ2v) is 7.91. The molecule has 2 amide bonds. The van der Waals surface area contributed by atoms with Crippen LogP contribution in [0.4, 0.5) is 0 Å². The summed E-state index contributed by atoms with van der Waals surface area (Å²) in [4.78, 5) is 26.8. The predicted octanol–water partition coefficient (Wildman–Crippen LogP) is 4.53. The van der Waals surface area contributed by atoms with Crippen molar-refractivity contribution in [3.05, 3.63) is 100 Å². The first kappa shape index (κ1) is 18.4. The molecule has 5 heteroatoms. The third kappa shape index (κ3) is 3.22. The molecule has 2 heterocycles. The van der Waals surface area contributed by atoms with Crippen LogP contribution in [0.1, 0.15) is 27.8 Å². The second-order valence-electron chi connectivity index (χ2n) is 7.91. The molecule has 2 aromatic rings. The van der Waals surface area contributed by atoms with Crippen LogP contribution in [0.3, 0.4) is 0 Å². The Hall–Kier alpha value is -3.60. The van der Waals surface area contributed by atoms with E-state index in [1.807, 2.05) is 66.5 Å². The van der Waals surface area contributed by atoms with Gasteiger partial charge in [0.15, 0.2) is 0 Å². The number of carbonyl (C=O) groups excluding carboxylic acids is 2. The zero-order valence-electron chi connectivity index (χ0n) is 16.7. The predicted molar refractivity (Wildman–Crippen MR) is 114 cm³/mol. The van der Waals surface area contributed by atoms with Crippen LogP contribution in [0.5, 0.6) is 0 Å². The van der Waals surface area contributed by atoms with E-state index in [4.69, 9.17) is 0 Å². The van der Waals surface area contributed by atoms with Crippen LogP contribution < -0.4 is 0 Å². The smallest absolute Gasteiger partial charge is 0.276 e. The fourth-order valence-corrected chi connectivity index (χ4v) is 4.31. The molecule has 1 unspecified atom stereocenters. The Bertz CT molecular complexity index is 1160. The highest BCUT2D eigenvalue weighted by atomic mass is 16.2. The molecule has 0 aromatic heterocycles. The highest BCUT2D eigenvalue weighted by Crippen LogP contribution is 2.35. The van der Waals surface area contributed by atoms with Crippen LogP contribution in [0.15, 0.2) is 82.6 Å². The van der Waals surface area contributed by atoms with Crippen LogP contribution in [0.25, 0.3) is 5.70 Å². The van der Waals surface area contributed by atoms with Crippen molar-refractivity contribution in [3.63, 3.8) is 0 Å². The van der Waals surface area contributed by atoms with Crippen molar-refractivity contribution in [2.75, 3.05) is 0 Å². The summed E-state index contributed by atoms with van der Waals surface area (Å²) in [6.45, 7) is 3.36. The number of rotatable bonds is 3. The molecule has 30 heavy (non-hydrogen) atoms. The lowest BCUT2D eigenvalue weighted by Gasteiger charge is -2.21. The number of carbonyl (C=O) groups is 2. The number of amides is 2. The van der Waals surface area contributed by atoms with Gasteiger partial charge in [-0.3, -0.25) is 9.59 Å². The van der Waals surface area contributed by atoms with Crippen molar-refractivity contribution in [1.29, 1.82) is 0 Å². The molecule has 1 aliphatic carbocycles. The molecule has 148 valence electrons. The zero-order chi connectivity index (χ0) is 20.7. The van der Waals surface area contributed by atoms with Gasteiger partial charge in [-0.25, -0.2) is 0 Å². The van der Waals surface area contributed by atoms with E-state index >= 15 is 0 Å². The van der Waals surface area contributed by atoms with Crippen LogP contribution in [0, 0.1) is 12.8 Å². The van der Waals surface area contributed by atoms with Gasteiger partial charge in [-0.05, 0) is 34.8 Å². The lowest BCUT2D eigenvalue weighted by Crippen LogP contribution is -2.26. The first-order valence-corrected chi connectivity index (χ1v) is 10.1. The summed E-state index contributed by atoms with van der Waals surface area (Å²) in [5, 5.41) is 8.04. The van der Waals surface area contributed by atoms with Crippen molar-refractivity contribution < 1.29 is 9.59 Å². The normalized spacial score (nSPS) is 19.3. The van der Waals surface area contributed by atoms with Crippen molar-refractivity contribution in [1.82, 2.24) is 4.90 Å². The summed E-state index contributed by atoms with van der Waals surface area (Å²) < 4.78 is 0. The minimum absolute atomic E-state index is 0.128. The van der Waals surface area contributed by atoms with E-state index in [2.05, 4.69) is 22.4 Å². The molecule has 0 N–H and O–H groups in total. The quantitative estimate of drug-likeness (QED) is 0.767. The Morgan fingerprint density at radius 1 is 1.07 bits per heavy atom. The maximum Gasteiger partial charge on any atom is 0.276 e. The van der Waals surface area contributed by atoms with Crippen molar-refractivity contribution in [2.24, 2.45) is 16.1 Å². The minimum Gasteiger partial charge on any atom is -0.334 e. The molecular formula is C25H21N3O2. The number of aryl methyl sites for hydroxylation is 1. The highest BCUT2D eigenvalue weighted by molar-refractivity contribution is 5.92. The van der Waals surface area contributed by atoms with Crippen molar-refractivity contribution >= 4 is 17.5 Å². The monoisotopic (exact) mass is 395 g/mol. The number of nitrogens with zero attached hydrogens (tertiary/aromatic N) is 3. The highest BCUT2D eigenvalue weighted by Gasteiger charge is 2.28. The number of allylic oxidation sites excluding steroid dienone is 3. The Kier molecular flexibility index (Phi) is 4.51. The molecule has 3 aliphatic rings. The van der Waals surface area contributed by atoms with E-state index in [9.17, 15) is 9.59 Å². The minimum atomic E-state index is -0.361. The first-order chi connectivity index (χ1) is 14.6. The Balaban J connectivity index is 1.36. The van der Waals surface area contributed by atoms with Gasteiger partial charge in [-0.2, -0.15) is 0 Å². The molecule has 2 aliphatic heterocycles. The van der Waals surface area contributed by atoms with E-state index in [0.717, 1.165) is 28.0 Å². The summed E-state index contributed by atoms with van der Waals surface area (Å²) in [6, 6.07) is 14.2. The van der Waals surface area contributed by atoms with Gasteiger partial charge in [0.05, 0.1) is 18.0 Å². The first-order valence-electron chi connectivity index (χ1n) is 10.1. The molecule has 0 spiro atoms. The Morgan fingerprint density at radius 3 is 2.57 bits per heavy atom. The van der Waals surface area contributed by atoms with E-state index in [-0.39, 0.29) is 17.7 Å². The molecule has 0 fully saturated rings. The maximum atomic E-state index is 12.8. The summed E-state index contributed by atoms with van der Waals surface area (Å²) >= 11 is 0. The largest absolute Gasteiger partial charge is 0.334 e. The van der Waals surface area contributed by atoms with Crippen LogP contribution in [0.2, 0.25) is 0 Å². The van der Waals surface area contributed by atoms with Gasteiger partial charge in [0.2, 0.25) is 5.91 Å². The standard InChI is InChI=1S/C25H21N3O2/c1-16-12-17(13-23(29)28-14-18-6-2-3-7-19(18)15-28)10-11-20(16)24-21-8-4-5-9-22(21)25(30)27-26-24/h2-12,22H,13-15H2,1H3. The van der Waals surface area contributed by atoms with Gasteiger partial charge in [0, 0.05) is 18.7 Å².